The highest BCUT2D eigenvalue weighted by molar-refractivity contribution is 7.88. The number of nitrogens with one attached hydrogen (secondary N) is 1. The number of nitrogens with zero attached hydrogens (tertiary/aromatic N) is 3. The van der Waals surface area contributed by atoms with Crippen molar-refractivity contribution in [1.29, 1.82) is 0 Å². The Kier molecular flexibility index (Phi) is 5.39. The van der Waals surface area contributed by atoms with Gasteiger partial charge in [-0.3, -0.25) is 4.79 Å². The number of aromatic nitrogens is 2. The number of fused-ring (bicyclic) bond motifs is 1. The molecule has 2 aliphatic heterocycles. The molecular weight excluding hydrogens is 380 g/mol. The van der Waals surface area contributed by atoms with Crippen LogP contribution in [0.15, 0.2) is 24.4 Å². The maximum absolute atomic E-state index is 12.8. The average Bonchev–Trinajstić information content (AvgIpc) is 3.33. The quantitative estimate of drug-likeness (QED) is 0.810. The van der Waals surface area contributed by atoms with Gasteiger partial charge in [0, 0.05) is 38.4 Å². The van der Waals surface area contributed by atoms with Gasteiger partial charge in [0.15, 0.2) is 5.69 Å². The van der Waals surface area contributed by atoms with Crippen LogP contribution in [0.25, 0.3) is 5.52 Å². The molecule has 2 atom stereocenters. The van der Waals surface area contributed by atoms with E-state index in [4.69, 9.17) is 4.74 Å². The van der Waals surface area contributed by atoms with Crippen molar-refractivity contribution >= 4 is 21.4 Å². The molecule has 8 nitrogen and oxygen atoms in total. The second-order valence-corrected chi connectivity index (χ2v) is 9.56. The zero-order valence-electron chi connectivity index (χ0n) is 16.0. The smallest absolute Gasteiger partial charge is 0.272 e. The van der Waals surface area contributed by atoms with Crippen LogP contribution >= 0.6 is 0 Å². The van der Waals surface area contributed by atoms with Crippen LogP contribution in [0, 0.1) is 0 Å². The van der Waals surface area contributed by atoms with Crippen molar-refractivity contribution in [2.75, 3.05) is 32.5 Å². The van der Waals surface area contributed by atoms with Crippen LogP contribution < -0.4 is 5.32 Å². The lowest BCUT2D eigenvalue weighted by Crippen LogP contribution is -2.38. The molecule has 0 bridgehead atoms. The molecule has 0 radical (unpaired) electrons. The van der Waals surface area contributed by atoms with E-state index >= 15 is 0 Å². The van der Waals surface area contributed by atoms with Crippen molar-refractivity contribution < 1.29 is 17.9 Å². The molecular formula is C19H26N4O4S. The summed E-state index contributed by atoms with van der Waals surface area (Å²) in [6, 6.07) is 5.64. The van der Waals surface area contributed by atoms with E-state index in [1.165, 1.54) is 10.6 Å². The number of amides is 1. The van der Waals surface area contributed by atoms with E-state index in [0.717, 1.165) is 43.6 Å². The summed E-state index contributed by atoms with van der Waals surface area (Å²) in [7, 11) is -3.24. The summed E-state index contributed by atoms with van der Waals surface area (Å²) < 4.78 is 32.9. The fourth-order valence-electron chi connectivity index (χ4n) is 4.07. The lowest BCUT2D eigenvalue weighted by Gasteiger charge is -2.30. The lowest BCUT2D eigenvalue weighted by molar-refractivity contribution is 0.0855. The predicted octanol–water partition coefficient (Wildman–Crippen LogP) is 1.38. The fourth-order valence-corrected chi connectivity index (χ4v) is 4.98. The van der Waals surface area contributed by atoms with Gasteiger partial charge in [-0.25, -0.2) is 17.7 Å². The fraction of sp³-hybridized carbons (Fsp3) is 0.579. The van der Waals surface area contributed by atoms with E-state index in [1.807, 2.05) is 28.8 Å². The first-order valence-corrected chi connectivity index (χ1v) is 11.6. The Bertz CT molecular complexity index is 965. The molecule has 0 spiro atoms. The highest BCUT2D eigenvalue weighted by Crippen LogP contribution is 2.29. The Morgan fingerprint density at radius 2 is 2.18 bits per heavy atom. The number of ether oxygens (including phenoxy) is 1. The molecule has 2 aliphatic rings. The summed E-state index contributed by atoms with van der Waals surface area (Å²) >= 11 is 0. The number of pyridine rings is 1. The van der Waals surface area contributed by atoms with E-state index in [0.29, 0.717) is 25.3 Å². The minimum absolute atomic E-state index is 0.0434. The second-order valence-electron chi connectivity index (χ2n) is 7.58. The Morgan fingerprint density at radius 3 is 2.93 bits per heavy atom. The number of carbonyl (C=O) groups excluding carboxylic acids is 1. The first-order valence-electron chi connectivity index (χ1n) is 9.75. The third-order valence-corrected chi connectivity index (χ3v) is 6.79. The van der Waals surface area contributed by atoms with Crippen molar-refractivity contribution in [3.63, 3.8) is 0 Å². The monoisotopic (exact) mass is 406 g/mol. The van der Waals surface area contributed by atoms with Crippen LogP contribution in [0.3, 0.4) is 0 Å². The molecule has 2 fully saturated rings. The van der Waals surface area contributed by atoms with Gasteiger partial charge in [0.2, 0.25) is 10.0 Å². The Hall–Kier alpha value is -1.97. The largest absolute Gasteiger partial charge is 0.376 e. The van der Waals surface area contributed by atoms with Crippen molar-refractivity contribution in [3.8, 4) is 0 Å². The molecule has 152 valence electrons. The van der Waals surface area contributed by atoms with Gasteiger partial charge in [-0.15, -0.1) is 0 Å². The zero-order chi connectivity index (χ0) is 19.7. The van der Waals surface area contributed by atoms with Crippen molar-refractivity contribution in [2.45, 2.75) is 37.7 Å². The van der Waals surface area contributed by atoms with E-state index < -0.39 is 10.0 Å². The minimum Gasteiger partial charge on any atom is -0.376 e. The normalized spacial score (nSPS) is 23.9. The van der Waals surface area contributed by atoms with Gasteiger partial charge in [-0.2, -0.15) is 0 Å². The highest BCUT2D eigenvalue weighted by Gasteiger charge is 2.31. The van der Waals surface area contributed by atoms with E-state index in [9.17, 15) is 13.2 Å². The van der Waals surface area contributed by atoms with Gasteiger partial charge in [0.25, 0.3) is 5.91 Å². The van der Waals surface area contributed by atoms with Gasteiger partial charge >= 0.3 is 0 Å². The molecule has 2 aromatic rings. The van der Waals surface area contributed by atoms with Gasteiger partial charge in [0.05, 0.1) is 17.9 Å². The summed E-state index contributed by atoms with van der Waals surface area (Å²) in [5, 5.41) is 2.94. The SMILES string of the molecule is CS(=O)(=O)N1CCC[C@@H](c2nc(C(=O)NC[C@@H]3CCCO3)c3ccccn23)C1. The Labute approximate surface area is 164 Å². The van der Waals surface area contributed by atoms with Gasteiger partial charge < -0.3 is 14.5 Å². The molecule has 0 aromatic carbocycles. The van der Waals surface area contributed by atoms with Crippen LogP contribution in [0.4, 0.5) is 0 Å². The van der Waals surface area contributed by atoms with Crippen LogP contribution in [0.5, 0.6) is 0 Å². The molecule has 0 aliphatic carbocycles. The minimum atomic E-state index is -3.24. The predicted molar refractivity (Wildman–Crippen MR) is 105 cm³/mol. The zero-order valence-corrected chi connectivity index (χ0v) is 16.8. The summed E-state index contributed by atoms with van der Waals surface area (Å²) in [6.07, 6.45) is 6.79. The number of piperidine rings is 1. The van der Waals surface area contributed by atoms with Crippen molar-refractivity contribution in [2.24, 2.45) is 0 Å². The van der Waals surface area contributed by atoms with Gasteiger partial charge in [-0.1, -0.05) is 6.07 Å². The van der Waals surface area contributed by atoms with Gasteiger partial charge in [-0.05, 0) is 37.8 Å². The molecule has 1 amide bonds. The van der Waals surface area contributed by atoms with Crippen molar-refractivity contribution in [3.05, 3.63) is 35.9 Å². The standard InChI is InChI=1S/C19H26N4O4S/c1-28(25,26)22-9-4-6-14(13-22)18-21-17(16-8-2-3-10-23(16)18)19(24)20-12-15-7-5-11-27-15/h2-3,8,10,14-15H,4-7,9,11-13H2,1H3,(H,20,24)/t14-,15+/m1/s1. The molecule has 2 saturated heterocycles. The van der Waals surface area contributed by atoms with E-state index in [2.05, 4.69) is 10.3 Å². The molecule has 4 rings (SSSR count). The third kappa shape index (κ3) is 3.92. The third-order valence-electron chi connectivity index (χ3n) is 5.52. The summed E-state index contributed by atoms with van der Waals surface area (Å²) in [6.45, 7) is 2.15. The molecule has 1 N–H and O–H groups in total. The molecule has 0 saturated carbocycles. The number of carbonyl (C=O) groups is 1. The highest BCUT2D eigenvalue weighted by atomic mass is 32.2. The lowest BCUT2D eigenvalue weighted by atomic mass is 9.99. The number of hydrogen-bond donors (Lipinski definition) is 1. The summed E-state index contributed by atoms with van der Waals surface area (Å²) in [5.74, 6) is 0.477. The topological polar surface area (TPSA) is 93.0 Å². The molecule has 28 heavy (non-hydrogen) atoms. The van der Waals surface area contributed by atoms with Crippen LogP contribution in [-0.4, -0.2) is 66.6 Å². The Balaban J connectivity index is 1.60. The number of sulfonamides is 1. The van der Waals surface area contributed by atoms with Crippen LogP contribution in [0.1, 0.15) is 47.9 Å². The number of imidazole rings is 1. The van der Waals surface area contributed by atoms with Crippen molar-refractivity contribution in [1.82, 2.24) is 19.0 Å². The van der Waals surface area contributed by atoms with Gasteiger partial charge in [0.1, 0.15) is 5.82 Å². The van der Waals surface area contributed by atoms with E-state index in [-0.39, 0.29) is 17.9 Å². The first kappa shape index (κ1) is 19.4. The Morgan fingerprint density at radius 1 is 1.32 bits per heavy atom. The summed E-state index contributed by atoms with van der Waals surface area (Å²) in [5.41, 5.74) is 1.11. The molecule has 4 heterocycles. The molecule has 0 unspecified atom stereocenters. The maximum Gasteiger partial charge on any atom is 0.272 e. The number of hydrogen-bond acceptors (Lipinski definition) is 5. The average molecular weight is 407 g/mol. The van der Waals surface area contributed by atoms with Crippen LogP contribution in [-0.2, 0) is 14.8 Å². The molecule has 9 heteroatoms. The first-order chi connectivity index (χ1) is 13.4. The summed E-state index contributed by atoms with van der Waals surface area (Å²) in [4.78, 5) is 17.4. The second kappa shape index (κ2) is 7.81. The molecule has 2 aromatic heterocycles. The maximum atomic E-state index is 12.8. The van der Waals surface area contributed by atoms with Crippen LogP contribution in [0.2, 0.25) is 0 Å². The van der Waals surface area contributed by atoms with E-state index in [1.54, 1.807) is 0 Å². The number of rotatable bonds is 5.